The Labute approximate surface area is 109 Å². The van der Waals surface area contributed by atoms with E-state index >= 15 is 0 Å². The van der Waals surface area contributed by atoms with Gasteiger partial charge in [0.05, 0.1) is 12.2 Å². The highest BCUT2D eigenvalue weighted by molar-refractivity contribution is 5.29. The van der Waals surface area contributed by atoms with Crippen LogP contribution in [0.15, 0.2) is 36.4 Å². The monoisotopic (exact) mass is 246 g/mol. The summed E-state index contributed by atoms with van der Waals surface area (Å²) in [7, 11) is 0. The number of aliphatic hydroxyl groups is 1. The largest absolute Gasteiger partial charge is 0.491 e. The van der Waals surface area contributed by atoms with Crippen LogP contribution < -0.4 is 4.74 Å². The van der Waals surface area contributed by atoms with E-state index in [0.29, 0.717) is 5.92 Å². The Morgan fingerprint density at radius 3 is 2.44 bits per heavy atom. The second-order valence-corrected chi connectivity index (χ2v) is 5.23. The summed E-state index contributed by atoms with van der Waals surface area (Å²) < 4.78 is 5.60. The highest BCUT2D eigenvalue weighted by atomic mass is 16.5. The zero-order valence-electron chi connectivity index (χ0n) is 11.2. The molecule has 1 aromatic carbocycles. The van der Waals surface area contributed by atoms with Gasteiger partial charge in [-0.15, -0.1) is 0 Å². The van der Waals surface area contributed by atoms with Crippen molar-refractivity contribution >= 4 is 0 Å². The molecule has 0 fully saturated rings. The molecule has 1 aliphatic rings. The van der Waals surface area contributed by atoms with Gasteiger partial charge in [-0.2, -0.15) is 0 Å². The Kier molecular flexibility index (Phi) is 4.43. The zero-order chi connectivity index (χ0) is 13.0. The number of benzene rings is 1. The lowest BCUT2D eigenvalue weighted by atomic mass is 9.86. The number of hydrogen-bond donors (Lipinski definition) is 1. The Hall–Kier alpha value is -1.28. The molecule has 1 N–H and O–H groups in total. The number of aliphatic hydroxyl groups excluding tert-OH is 1. The molecule has 2 nitrogen and oxygen atoms in total. The molecule has 0 saturated carbocycles. The topological polar surface area (TPSA) is 29.5 Å². The van der Waals surface area contributed by atoms with Crippen molar-refractivity contribution in [1.29, 1.82) is 0 Å². The van der Waals surface area contributed by atoms with Crippen molar-refractivity contribution in [2.45, 2.75) is 45.3 Å². The first kappa shape index (κ1) is 13.2. The van der Waals surface area contributed by atoms with Crippen LogP contribution in [0.4, 0.5) is 0 Å². The van der Waals surface area contributed by atoms with E-state index in [0.717, 1.165) is 30.6 Å². The van der Waals surface area contributed by atoms with Gasteiger partial charge < -0.3 is 9.84 Å². The maximum absolute atomic E-state index is 10.3. The minimum Gasteiger partial charge on any atom is -0.491 e. The third-order valence-electron chi connectivity index (χ3n) is 3.35. The molecule has 0 bridgehead atoms. The lowest BCUT2D eigenvalue weighted by Gasteiger charge is -2.24. The first-order valence-electron chi connectivity index (χ1n) is 6.76. The van der Waals surface area contributed by atoms with Crippen molar-refractivity contribution in [2.24, 2.45) is 5.92 Å². The number of hydrogen-bond acceptors (Lipinski definition) is 2. The van der Waals surface area contributed by atoms with E-state index in [2.05, 4.69) is 12.2 Å². The minimum atomic E-state index is -0.358. The number of rotatable bonds is 4. The molecule has 98 valence electrons. The molecule has 2 atom stereocenters. The summed E-state index contributed by atoms with van der Waals surface area (Å²) in [5.74, 6) is 1.22. The molecule has 0 heterocycles. The van der Waals surface area contributed by atoms with Crippen molar-refractivity contribution in [3.8, 4) is 5.75 Å². The summed E-state index contributed by atoms with van der Waals surface area (Å²) in [6.07, 6.45) is 7.33. The van der Waals surface area contributed by atoms with E-state index < -0.39 is 0 Å². The van der Waals surface area contributed by atoms with Gasteiger partial charge >= 0.3 is 0 Å². The van der Waals surface area contributed by atoms with Crippen molar-refractivity contribution in [3.05, 3.63) is 42.0 Å². The quantitative estimate of drug-likeness (QED) is 0.817. The van der Waals surface area contributed by atoms with E-state index in [1.165, 1.54) is 0 Å². The summed E-state index contributed by atoms with van der Waals surface area (Å²) in [6.45, 7) is 4.02. The van der Waals surface area contributed by atoms with Crippen molar-refractivity contribution in [2.75, 3.05) is 0 Å². The van der Waals surface area contributed by atoms with Crippen LogP contribution in [0.2, 0.25) is 0 Å². The summed E-state index contributed by atoms with van der Waals surface area (Å²) in [4.78, 5) is 0. The fourth-order valence-corrected chi connectivity index (χ4v) is 2.39. The van der Waals surface area contributed by atoms with Gasteiger partial charge in [-0.05, 0) is 56.7 Å². The second kappa shape index (κ2) is 6.05. The molecule has 2 unspecified atom stereocenters. The SMILES string of the molecule is CC(C)Oc1ccc(C(O)C2CC=CCC2)cc1. The van der Waals surface area contributed by atoms with Gasteiger partial charge in [0.15, 0.2) is 0 Å². The average Bonchev–Trinajstić information content (AvgIpc) is 2.39. The van der Waals surface area contributed by atoms with E-state index in [1.807, 2.05) is 38.1 Å². The van der Waals surface area contributed by atoms with Crippen LogP contribution in [0.5, 0.6) is 5.75 Å². The van der Waals surface area contributed by atoms with E-state index in [1.54, 1.807) is 0 Å². The maximum Gasteiger partial charge on any atom is 0.119 e. The predicted molar refractivity (Wildman–Crippen MR) is 73.6 cm³/mol. The Bertz CT molecular complexity index is 392. The Morgan fingerprint density at radius 1 is 1.17 bits per heavy atom. The molecule has 18 heavy (non-hydrogen) atoms. The van der Waals surface area contributed by atoms with Crippen LogP contribution in [0.1, 0.15) is 44.8 Å². The summed E-state index contributed by atoms with van der Waals surface area (Å²) >= 11 is 0. The second-order valence-electron chi connectivity index (χ2n) is 5.23. The van der Waals surface area contributed by atoms with Crippen molar-refractivity contribution in [1.82, 2.24) is 0 Å². The van der Waals surface area contributed by atoms with Crippen molar-refractivity contribution < 1.29 is 9.84 Å². The highest BCUT2D eigenvalue weighted by Crippen LogP contribution is 2.32. The standard InChI is InChI=1S/C16H22O2/c1-12(2)18-15-10-8-14(9-11-15)16(17)13-6-4-3-5-7-13/h3-4,8-13,16-17H,5-7H2,1-2H3. The Morgan fingerprint density at radius 2 is 1.89 bits per heavy atom. The molecule has 2 rings (SSSR count). The van der Waals surface area contributed by atoms with Crippen LogP contribution >= 0.6 is 0 Å². The van der Waals surface area contributed by atoms with Gasteiger partial charge in [-0.3, -0.25) is 0 Å². The van der Waals surface area contributed by atoms with Crippen LogP contribution in [0.3, 0.4) is 0 Å². The first-order valence-corrected chi connectivity index (χ1v) is 6.76. The molecule has 2 heteroatoms. The maximum atomic E-state index is 10.3. The fourth-order valence-electron chi connectivity index (χ4n) is 2.39. The third kappa shape index (κ3) is 3.36. The molecule has 0 radical (unpaired) electrons. The van der Waals surface area contributed by atoms with Crippen LogP contribution in [-0.4, -0.2) is 11.2 Å². The van der Waals surface area contributed by atoms with Crippen LogP contribution in [0, 0.1) is 5.92 Å². The van der Waals surface area contributed by atoms with Gasteiger partial charge in [-0.1, -0.05) is 24.3 Å². The predicted octanol–water partition coefficient (Wildman–Crippen LogP) is 3.86. The van der Waals surface area contributed by atoms with Gasteiger partial charge in [-0.25, -0.2) is 0 Å². The smallest absolute Gasteiger partial charge is 0.119 e. The summed E-state index contributed by atoms with van der Waals surface area (Å²) in [5.41, 5.74) is 0.992. The molecular formula is C16H22O2. The van der Waals surface area contributed by atoms with Gasteiger partial charge in [0.25, 0.3) is 0 Å². The lowest BCUT2D eigenvalue weighted by Crippen LogP contribution is -2.14. The van der Waals surface area contributed by atoms with Gasteiger partial charge in [0.1, 0.15) is 5.75 Å². The molecule has 0 aliphatic heterocycles. The minimum absolute atomic E-state index is 0.184. The summed E-state index contributed by atoms with van der Waals surface area (Å²) in [6, 6.07) is 7.83. The molecule has 0 aromatic heterocycles. The molecular weight excluding hydrogens is 224 g/mol. The number of ether oxygens (including phenoxy) is 1. The third-order valence-corrected chi connectivity index (χ3v) is 3.35. The van der Waals surface area contributed by atoms with Crippen LogP contribution in [0.25, 0.3) is 0 Å². The molecule has 0 spiro atoms. The van der Waals surface area contributed by atoms with E-state index in [4.69, 9.17) is 4.74 Å². The lowest BCUT2D eigenvalue weighted by molar-refractivity contribution is 0.102. The van der Waals surface area contributed by atoms with E-state index in [9.17, 15) is 5.11 Å². The molecule has 0 amide bonds. The first-order chi connectivity index (χ1) is 8.66. The molecule has 1 aliphatic carbocycles. The normalized spacial score (nSPS) is 21.0. The fraction of sp³-hybridized carbons (Fsp3) is 0.500. The zero-order valence-corrected chi connectivity index (χ0v) is 11.2. The Balaban J connectivity index is 2.02. The van der Waals surface area contributed by atoms with Crippen LogP contribution in [-0.2, 0) is 0 Å². The highest BCUT2D eigenvalue weighted by Gasteiger charge is 2.20. The van der Waals surface area contributed by atoms with Gasteiger partial charge in [0.2, 0.25) is 0 Å². The average molecular weight is 246 g/mol. The summed E-state index contributed by atoms with van der Waals surface area (Å²) in [5, 5.41) is 10.3. The van der Waals surface area contributed by atoms with Gasteiger partial charge in [0, 0.05) is 0 Å². The van der Waals surface area contributed by atoms with E-state index in [-0.39, 0.29) is 12.2 Å². The molecule has 0 saturated heterocycles. The van der Waals surface area contributed by atoms with Crippen molar-refractivity contribution in [3.63, 3.8) is 0 Å². The molecule has 1 aromatic rings. The number of allylic oxidation sites excluding steroid dienone is 2.